The summed E-state index contributed by atoms with van der Waals surface area (Å²) in [5.74, 6) is 0. The minimum atomic E-state index is -2.59. The van der Waals surface area contributed by atoms with E-state index in [1.807, 2.05) is 0 Å². The number of benzene rings is 1. The van der Waals surface area contributed by atoms with Gasteiger partial charge in [0.2, 0.25) is 0 Å². The number of allylic oxidation sites excluding steroid dienone is 1. The Morgan fingerprint density at radius 1 is 1.15 bits per heavy atom. The molecule has 0 saturated heterocycles. The van der Waals surface area contributed by atoms with Gasteiger partial charge in [0, 0.05) is 15.6 Å². The average Bonchev–Trinajstić information content (AvgIpc) is 2.01. The molecule has 0 aliphatic rings. The van der Waals surface area contributed by atoms with E-state index in [1.54, 1.807) is 0 Å². The molecule has 0 aliphatic carbocycles. The number of rotatable bonds is 2. The Bertz CT molecular complexity index is 314. The maximum Gasteiger partial charge on any atom is 0.263 e. The molecular formula is C9H6Cl2F2. The number of halogens is 4. The van der Waals surface area contributed by atoms with Crippen molar-refractivity contribution >= 4 is 28.8 Å². The second kappa shape index (κ2) is 4.07. The van der Waals surface area contributed by atoms with Crippen molar-refractivity contribution in [1.82, 2.24) is 0 Å². The van der Waals surface area contributed by atoms with Gasteiger partial charge in [-0.25, -0.2) is 8.78 Å². The van der Waals surface area contributed by atoms with Crippen LogP contribution in [0.3, 0.4) is 0 Å². The molecule has 0 unspecified atom stereocenters. The first-order chi connectivity index (χ1) is 6.00. The third-order valence-electron chi connectivity index (χ3n) is 1.50. The molecule has 0 N–H and O–H groups in total. The van der Waals surface area contributed by atoms with Crippen LogP contribution in [0.2, 0.25) is 10.0 Å². The van der Waals surface area contributed by atoms with Gasteiger partial charge in [-0.2, -0.15) is 0 Å². The first-order valence-corrected chi connectivity index (χ1v) is 4.19. The van der Waals surface area contributed by atoms with Crippen molar-refractivity contribution in [3.63, 3.8) is 0 Å². The molecule has 1 aromatic carbocycles. The van der Waals surface area contributed by atoms with Crippen LogP contribution in [0, 0.1) is 0 Å². The van der Waals surface area contributed by atoms with Crippen LogP contribution < -0.4 is 0 Å². The molecule has 0 radical (unpaired) electrons. The fourth-order valence-corrected chi connectivity index (χ4v) is 1.39. The summed E-state index contributed by atoms with van der Waals surface area (Å²) in [7, 11) is 0. The zero-order valence-corrected chi connectivity index (χ0v) is 8.04. The highest BCUT2D eigenvalue weighted by molar-refractivity contribution is 6.34. The summed E-state index contributed by atoms with van der Waals surface area (Å²) < 4.78 is 24.4. The Morgan fingerprint density at radius 2 is 1.62 bits per heavy atom. The van der Waals surface area contributed by atoms with Crippen molar-refractivity contribution < 1.29 is 8.78 Å². The molecule has 0 amide bonds. The van der Waals surface area contributed by atoms with Crippen LogP contribution in [0.5, 0.6) is 0 Å². The quantitative estimate of drug-likeness (QED) is 0.702. The fraction of sp³-hybridized carbons (Fsp3) is 0.111. The molecule has 70 valence electrons. The molecular weight excluding hydrogens is 217 g/mol. The molecule has 0 bridgehead atoms. The molecule has 1 rings (SSSR count). The molecule has 0 aliphatic heterocycles. The molecule has 0 spiro atoms. The fourth-order valence-electron chi connectivity index (χ4n) is 0.865. The summed E-state index contributed by atoms with van der Waals surface area (Å²) in [4.78, 5) is 0. The minimum Gasteiger partial charge on any atom is -0.205 e. The van der Waals surface area contributed by atoms with Crippen molar-refractivity contribution in [2.24, 2.45) is 0 Å². The number of hydrogen-bond donors (Lipinski definition) is 0. The minimum absolute atomic E-state index is 0.271. The topological polar surface area (TPSA) is 0 Å². The van der Waals surface area contributed by atoms with E-state index in [2.05, 4.69) is 6.58 Å². The highest BCUT2D eigenvalue weighted by Crippen LogP contribution is 2.26. The third kappa shape index (κ3) is 2.68. The van der Waals surface area contributed by atoms with E-state index in [4.69, 9.17) is 23.2 Å². The highest BCUT2D eigenvalue weighted by Gasteiger charge is 2.11. The second-order valence-electron chi connectivity index (χ2n) is 2.48. The predicted molar refractivity (Wildman–Crippen MR) is 51.5 cm³/mol. The van der Waals surface area contributed by atoms with Crippen molar-refractivity contribution in [1.29, 1.82) is 0 Å². The van der Waals surface area contributed by atoms with Crippen LogP contribution in [0.15, 0.2) is 24.8 Å². The van der Waals surface area contributed by atoms with Crippen LogP contribution in [0.25, 0.3) is 5.57 Å². The molecule has 13 heavy (non-hydrogen) atoms. The van der Waals surface area contributed by atoms with Crippen LogP contribution in [0.4, 0.5) is 8.78 Å². The zero-order chi connectivity index (χ0) is 10.0. The van der Waals surface area contributed by atoms with Crippen molar-refractivity contribution in [2.75, 3.05) is 0 Å². The Balaban J connectivity index is 3.08. The van der Waals surface area contributed by atoms with E-state index < -0.39 is 6.43 Å². The van der Waals surface area contributed by atoms with E-state index in [0.717, 1.165) is 0 Å². The molecule has 0 atom stereocenters. The SMILES string of the molecule is C=C(c1cc(Cl)cc(Cl)c1)C(F)F. The van der Waals surface area contributed by atoms with Crippen LogP contribution in [-0.4, -0.2) is 6.43 Å². The second-order valence-corrected chi connectivity index (χ2v) is 3.36. The Hall–Kier alpha value is -0.600. The first-order valence-electron chi connectivity index (χ1n) is 3.44. The van der Waals surface area contributed by atoms with Crippen molar-refractivity contribution in [2.45, 2.75) is 6.43 Å². The Morgan fingerprint density at radius 3 is 2.00 bits per heavy atom. The van der Waals surface area contributed by atoms with Gasteiger partial charge in [0.1, 0.15) is 0 Å². The smallest absolute Gasteiger partial charge is 0.205 e. The largest absolute Gasteiger partial charge is 0.263 e. The molecule has 0 saturated carbocycles. The van der Waals surface area contributed by atoms with Crippen LogP contribution in [0.1, 0.15) is 5.56 Å². The summed E-state index contributed by atoms with van der Waals surface area (Å²) in [5, 5.41) is 0.647. The summed E-state index contributed by atoms with van der Waals surface area (Å²) in [6.07, 6.45) is -2.59. The first kappa shape index (κ1) is 10.5. The van der Waals surface area contributed by atoms with Gasteiger partial charge in [-0.05, 0) is 23.8 Å². The molecule has 4 heteroatoms. The Kier molecular flexibility index (Phi) is 3.28. The lowest BCUT2D eigenvalue weighted by Crippen LogP contribution is -1.94. The average molecular weight is 223 g/mol. The molecule has 0 aromatic heterocycles. The highest BCUT2D eigenvalue weighted by atomic mass is 35.5. The van der Waals surface area contributed by atoms with Gasteiger partial charge >= 0.3 is 0 Å². The van der Waals surface area contributed by atoms with Gasteiger partial charge in [-0.1, -0.05) is 29.8 Å². The summed E-state index contributed by atoms with van der Waals surface area (Å²) in [6, 6.07) is 4.29. The molecule has 1 aromatic rings. The zero-order valence-electron chi connectivity index (χ0n) is 6.53. The lowest BCUT2D eigenvalue weighted by Gasteiger charge is -2.05. The lowest BCUT2D eigenvalue weighted by atomic mass is 10.1. The maximum absolute atomic E-state index is 12.2. The summed E-state index contributed by atoms with van der Waals surface area (Å²) in [6.45, 7) is 3.24. The normalized spacial score (nSPS) is 10.5. The number of alkyl halides is 2. The van der Waals surface area contributed by atoms with E-state index in [-0.39, 0.29) is 11.1 Å². The van der Waals surface area contributed by atoms with E-state index in [1.165, 1.54) is 18.2 Å². The number of hydrogen-bond acceptors (Lipinski definition) is 0. The van der Waals surface area contributed by atoms with Gasteiger partial charge in [-0.3, -0.25) is 0 Å². The maximum atomic E-state index is 12.2. The van der Waals surface area contributed by atoms with Crippen LogP contribution in [-0.2, 0) is 0 Å². The molecule has 0 nitrogen and oxygen atoms in total. The molecule has 0 heterocycles. The predicted octanol–water partition coefficient (Wildman–Crippen LogP) is 4.27. The van der Waals surface area contributed by atoms with Crippen molar-refractivity contribution in [3.05, 3.63) is 40.4 Å². The molecule has 0 fully saturated rings. The Labute approximate surface area is 84.8 Å². The third-order valence-corrected chi connectivity index (χ3v) is 1.93. The van der Waals surface area contributed by atoms with Gasteiger partial charge in [-0.15, -0.1) is 0 Å². The van der Waals surface area contributed by atoms with Gasteiger partial charge in [0.05, 0.1) is 0 Å². The standard InChI is InChI=1S/C9H6Cl2F2/c1-5(9(12)13)6-2-7(10)4-8(11)3-6/h2-4,9H,1H2. The van der Waals surface area contributed by atoms with E-state index >= 15 is 0 Å². The van der Waals surface area contributed by atoms with Crippen molar-refractivity contribution in [3.8, 4) is 0 Å². The van der Waals surface area contributed by atoms with Gasteiger partial charge in [0.25, 0.3) is 6.43 Å². The monoisotopic (exact) mass is 222 g/mol. The lowest BCUT2D eigenvalue weighted by molar-refractivity contribution is 0.215. The summed E-state index contributed by atoms with van der Waals surface area (Å²) >= 11 is 11.3. The van der Waals surface area contributed by atoms with Gasteiger partial charge < -0.3 is 0 Å². The van der Waals surface area contributed by atoms with Gasteiger partial charge in [0.15, 0.2) is 0 Å². The van der Waals surface area contributed by atoms with E-state index in [0.29, 0.717) is 10.0 Å². The summed E-state index contributed by atoms with van der Waals surface area (Å²) in [5.41, 5.74) is -0.00287. The van der Waals surface area contributed by atoms with E-state index in [9.17, 15) is 8.78 Å². The van der Waals surface area contributed by atoms with Crippen LogP contribution >= 0.6 is 23.2 Å².